The van der Waals surface area contributed by atoms with E-state index < -0.39 is 0 Å². The van der Waals surface area contributed by atoms with Crippen LogP contribution in [0.1, 0.15) is 64.7 Å². The third-order valence-electron chi connectivity index (χ3n) is 6.42. The first kappa shape index (κ1) is 11.1. The van der Waals surface area contributed by atoms with Crippen molar-refractivity contribution >= 4 is 0 Å². The molecule has 0 aromatic carbocycles. The molecular weight excluding hydrogens is 194 g/mol. The first-order valence-corrected chi connectivity index (χ1v) is 7.48. The zero-order valence-corrected chi connectivity index (χ0v) is 11.0. The van der Waals surface area contributed by atoms with Gasteiger partial charge in [-0.3, -0.25) is 0 Å². The smallest absolute Gasteiger partial charge is 0.0265 e. The maximum absolute atomic E-state index is 3.82. The van der Waals surface area contributed by atoms with Crippen LogP contribution < -0.4 is 5.32 Å². The van der Waals surface area contributed by atoms with Gasteiger partial charge in [-0.15, -0.1) is 0 Å². The molecule has 0 aliphatic heterocycles. The lowest BCUT2D eigenvalue weighted by atomic mass is 9.60. The molecule has 2 bridgehead atoms. The van der Waals surface area contributed by atoms with Gasteiger partial charge in [0.15, 0.2) is 0 Å². The minimum Gasteiger partial charge on any atom is -0.313 e. The predicted octanol–water partition coefficient (Wildman–Crippen LogP) is 3.74. The van der Waals surface area contributed by atoms with Gasteiger partial charge in [0.1, 0.15) is 0 Å². The van der Waals surface area contributed by atoms with Crippen LogP contribution >= 0.6 is 0 Å². The number of unbranched alkanes of at least 4 members (excludes halogenated alkanes) is 1. The van der Waals surface area contributed by atoms with E-state index in [1.807, 2.05) is 0 Å². The second kappa shape index (κ2) is 3.73. The summed E-state index contributed by atoms with van der Waals surface area (Å²) in [5, 5.41) is 3.82. The summed E-state index contributed by atoms with van der Waals surface area (Å²) in [6, 6.07) is 0. The van der Waals surface area contributed by atoms with Gasteiger partial charge < -0.3 is 5.32 Å². The molecule has 0 heterocycles. The van der Waals surface area contributed by atoms with Gasteiger partial charge in [0.2, 0.25) is 0 Å². The molecule has 3 saturated carbocycles. The first-order valence-electron chi connectivity index (χ1n) is 7.48. The average molecular weight is 221 g/mol. The molecule has 16 heavy (non-hydrogen) atoms. The van der Waals surface area contributed by atoms with E-state index in [4.69, 9.17) is 0 Å². The molecule has 1 heteroatoms. The molecule has 4 atom stereocenters. The zero-order chi connectivity index (χ0) is 11.2. The quantitative estimate of drug-likeness (QED) is 0.762. The summed E-state index contributed by atoms with van der Waals surface area (Å²) in [5.41, 5.74) is 1.27. The Hall–Kier alpha value is -0.0400. The normalized spacial score (nSPS) is 49.9. The van der Waals surface area contributed by atoms with Crippen molar-refractivity contribution in [3.05, 3.63) is 0 Å². The highest BCUT2D eigenvalue weighted by Gasteiger charge is 2.67. The summed E-state index contributed by atoms with van der Waals surface area (Å²) in [4.78, 5) is 0. The summed E-state index contributed by atoms with van der Waals surface area (Å²) in [5.74, 6) is 2.08. The van der Waals surface area contributed by atoms with Gasteiger partial charge in [0, 0.05) is 5.54 Å². The van der Waals surface area contributed by atoms with Crippen LogP contribution in [0.4, 0.5) is 0 Å². The summed E-state index contributed by atoms with van der Waals surface area (Å²) in [6.07, 6.45) is 13.4. The summed E-state index contributed by atoms with van der Waals surface area (Å²) in [6.45, 7) is 2.35. The predicted molar refractivity (Wildman–Crippen MR) is 68.4 cm³/mol. The van der Waals surface area contributed by atoms with Crippen LogP contribution in [0.15, 0.2) is 0 Å². The molecule has 0 aromatic heterocycles. The van der Waals surface area contributed by atoms with Crippen molar-refractivity contribution in [1.82, 2.24) is 5.32 Å². The molecule has 0 aromatic rings. The third kappa shape index (κ3) is 1.11. The van der Waals surface area contributed by atoms with Crippen molar-refractivity contribution in [2.45, 2.75) is 70.3 Å². The van der Waals surface area contributed by atoms with Crippen molar-refractivity contribution < 1.29 is 0 Å². The fourth-order valence-corrected chi connectivity index (χ4v) is 5.89. The molecule has 1 nitrogen and oxygen atoms in total. The molecule has 0 spiro atoms. The van der Waals surface area contributed by atoms with Crippen LogP contribution in [0.5, 0.6) is 0 Å². The Morgan fingerprint density at radius 2 is 2.00 bits per heavy atom. The highest BCUT2D eigenvalue weighted by molar-refractivity contribution is 5.21. The molecule has 0 radical (unpaired) electrons. The van der Waals surface area contributed by atoms with Crippen LogP contribution in [0.25, 0.3) is 0 Å². The van der Waals surface area contributed by atoms with E-state index in [-0.39, 0.29) is 0 Å². The third-order valence-corrected chi connectivity index (χ3v) is 6.42. The van der Waals surface area contributed by atoms with Gasteiger partial charge in [-0.25, -0.2) is 0 Å². The Balaban J connectivity index is 1.93. The van der Waals surface area contributed by atoms with Crippen molar-refractivity contribution in [2.24, 2.45) is 17.3 Å². The van der Waals surface area contributed by atoms with Crippen LogP contribution in [0, 0.1) is 17.3 Å². The maximum Gasteiger partial charge on any atom is 0.0265 e. The van der Waals surface area contributed by atoms with E-state index in [1.54, 1.807) is 6.42 Å². The Bertz CT molecular complexity index is 275. The molecular formula is C15H27N. The van der Waals surface area contributed by atoms with E-state index in [0.717, 1.165) is 11.8 Å². The lowest BCUT2D eigenvalue weighted by molar-refractivity contribution is 0.0430. The number of nitrogens with one attached hydrogen (secondary N) is 1. The van der Waals surface area contributed by atoms with Crippen molar-refractivity contribution in [1.29, 1.82) is 0 Å². The second-order valence-electron chi connectivity index (χ2n) is 6.54. The van der Waals surface area contributed by atoms with Crippen molar-refractivity contribution in [3.8, 4) is 0 Å². The van der Waals surface area contributed by atoms with Gasteiger partial charge in [-0.2, -0.15) is 0 Å². The zero-order valence-electron chi connectivity index (χ0n) is 11.0. The van der Waals surface area contributed by atoms with Gasteiger partial charge in [0.05, 0.1) is 0 Å². The standard InChI is InChI=1S/C15H27N/c1-3-4-8-14-9-5-10-15(14,16-2)13-7-6-12(14)11-13/h12-13,16H,3-11H2,1-2H3. The molecule has 0 saturated heterocycles. The highest BCUT2D eigenvalue weighted by Crippen LogP contribution is 2.69. The van der Waals surface area contributed by atoms with Crippen LogP contribution in [0.2, 0.25) is 0 Å². The molecule has 3 rings (SSSR count). The van der Waals surface area contributed by atoms with Crippen LogP contribution in [-0.2, 0) is 0 Å². The molecule has 3 aliphatic rings. The largest absolute Gasteiger partial charge is 0.313 e. The molecule has 3 fully saturated rings. The van der Waals surface area contributed by atoms with E-state index in [2.05, 4.69) is 19.3 Å². The van der Waals surface area contributed by atoms with E-state index in [0.29, 0.717) is 11.0 Å². The lowest BCUT2D eigenvalue weighted by Gasteiger charge is -2.50. The van der Waals surface area contributed by atoms with E-state index in [9.17, 15) is 0 Å². The molecule has 1 N–H and O–H groups in total. The number of fused-ring (bicyclic) bond motifs is 5. The Morgan fingerprint density at radius 1 is 1.19 bits per heavy atom. The topological polar surface area (TPSA) is 12.0 Å². The second-order valence-corrected chi connectivity index (χ2v) is 6.54. The fourth-order valence-electron chi connectivity index (χ4n) is 5.89. The van der Waals surface area contributed by atoms with Gasteiger partial charge in [-0.1, -0.05) is 26.2 Å². The van der Waals surface area contributed by atoms with Crippen LogP contribution in [0.3, 0.4) is 0 Å². The highest BCUT2D eigenvalue weighted by atomic mass is 15.0. The molecule has 3 aliphatic carbocycles. The Morgan fingerprint density at radius 3 is 2.75 bits per heavy atom. The minimum atomic E-state index is 0.561. The maximum atomic E-state index is 3.82. The van der Waals surface area contributed by atoms with Crippen LogP contribution in [-0.4, -0.2) is 12.6 Å². The van der Waals surface area contributed by atoms with Gasteiger partial charge in [-0.05, 0) is 62.8 Å². The van der Waals surface area contributed by atoms with E-state index in [1.165, 1.54) is 51.4 Å². The summed E-state index contributed by atoms with van der Waals surface area (Å²) in [7, 11) is 2.24. The van der Waals surface area contributed by atoms with Crippen molar-refractivity contribution in [2.75, 3.05) is 7.05 Å². The number of hydrogen-bond acceptors (Lipinski definition) is 1. The van der Waals surface area contributed by atoms with Gasteiger partial charge >= 0.3 is 0 Å². The SMILES string of the molecule is CCCCC12CCCC1(NC)C1CCC2C1. The number of rotatable bonds is 4. The summed E-state index contributed by atoms with van der Waals surface area (Å²) >= 11 is 0. The monoisotopic (exact) mass is 221 g/mol. The minimum absolute atomic E-state index is 0.561. The molecule has 4 unspecified atom stereocenters. The average Bonchev–Trinajstić information content (AvgIpc) is 2.96. The Kier molecular flexibility index (Phi) is 2.58. The Labute approximate surface area is 100 Å². The molecule has 92 valence electrons. The van der Waals surface area contributed by atoms with Gasteiger partial charge in [0.25, 0.3) is 0 Å². The summed E-state index contributed by atoms with van der Waals surface area (Å²) < 4.78 is 0. The fraction of sp³-hybridized carbons (Fsp3) is 1.00. The van der Waals surface area contributed by atoms with Crippen molar-refractivity contribution in [3.63, 3.8) is 0 Å². The van der Waals surface area contributed by atoms with E-state index >= 15 is 0 Å². The lowest BCUT2D eigenvalue weighted by Crippen LogP contribution is -2.57. The first-order chi connectivity index (χ1) is 7.79. The molecule has 0 amide bonds. The number of hydrogen-bond donors (Lipinski definition) is 1.